The van der Waals surface area contributed by atoms with E-state index in [-0.39, 0.29) is 0 Å². The standard InChI is InChI=1S/C13H29NOS/c1-12(2)10-16-11-13(3)14-8-6-4-5-7-9-15/h12-15H,4-11H2,1-3H3. The monoisotopic (exact) mass is 247 g/mol. The minimum absolute atomic E-state index is 0.343. The summed E-state index contributed by atoms with van der Waals surface area (Å²) in [6, 6.07) is 0.626. The van der Waals surface area contributed by atoms with Crippen LogP contribution in [0.3, 0.4) is 0 Å². The zero-order chi connectivity index (χ0) is 12.2. The lowest BCUT2D eigenvalue weighted by atomic mass is 10.2. The van der Waals surface area contributed by atoms with Crippen LogP contribution in [-0.4, -0.2) is 35.8 Å². The second kappa shape index (κ2) is 11.7. The fourth-order valence-electron chi connectivity index (χ4n) is 1.48. The molecule has 1 unspecified atom stereocenters. The Kier molecular flexibility index (Phi) is 11.9. The van der Waals surface area contributed by atoms with Gasteiger partial charge in [-0.1, -0.05) is 26.7 Å². The number of rotatable bonds is 11. The second-order valence-corrected chi connectivity index (χ2v) is 6.00. The van der Waals surface area contributed by atoms with Crippen molar-refractivity contribution in [2.75, 3.05) is 24.7 Å². The van der Waals surface area contributed by atoms with E-state index in [4.69, 9.17) is 5.11 Å². The third kappa shape index (κ3) is 12.3. The van der Waals surface area contributed by atoms with Crippen LogP contribution in [0.2, 0.25) is 0 Å². The topological polar surface area (TPSA) is 32.3 Å². The Balaban J connectivity index is 3.14. The molecule has 0 heterocycles. The fourth-order valence-corrected chi connectivity index (χ4v) is 2.56. The molecule has 0 aromatic rings. The fraction of sp³-hybridized carbons (Fsp3) is 1.00. The highest BCUT2D eigenvalue weighted by Gasteiger charge is 2.01. The maximum absolute atomic E-state index is 8.63. The van der Waals surface area contributed by atoms with Crippen molar-refractivity contribution in [3.63, 3.8) is 0 Å². The molecule has 1 atom stereocenters. The van der Waals surface area contributed by atoms with E-state index in [9.17, 15) is 0 Å². The maximum atomic E-state index is 8.63. The molecule has 0 rings (SSSR count). The summed E-state index contributed by atoms with van der Waals surface area (Å²) in [5, 5.41) is 12.2. The predicted octanol–water partition coefficient (Wildman–Crippen LogP) is 2.91. The van der Waals surface area contributed by atoms with Crippen LogP contribution in [0.5, 0.6) is 0 Å². The largest absolute Gasteiger partial charge is 0.396 e. The van der Waals surface area contributed by atoms with Gasteiger partial charge in [-0.05, 0) is 38.0 Å². The molecule has 0 aromatic heterocycles. The Morgan fingerprint density at radius 2 is 1.69 bits per heavy atom. The zero-order valence-electron chi connectivity index (χ0n) is 11.2. The predicted molar refractivity (Wildman–Crippen MR) is 75.2 cm³/mol. The van der Waals surface area contributed by atoms with Gasteiger partial charge in [-0.2, -0.15) is 11.8 Å². The molecule has 0 aromatic carbocycles. The molecule has 16 heavy (non-hydrogen) atoms. The van der Waals surface area contributed by atoms with Crippen LogP contribution in [0.1, 0.15) is 46.5 Å². The van der Waals surface area contributed by atoms with Gasteiger partial charge in [-0.3, -0.25) is 0 Å². The number of unbranched alkanes of at least 4 members (excludes halogenated alkanes) is 3. The molecular weight excluding hydrogens is 218 g/mol. The SMILES string of the molecule is CC(C)CSCC(C)NCCCCCCO. The van der Waals surface area contributed by atoms with Crippen molar-refractivity contribution < 1.29 is 5.11 Å². The number of aliphatic hydroxyl groups excluding tert-OH is 1. The molecule has 0 fully saturated rings. The summed E-state index contributed by atoms with van der Waals surface area (Å²) in [6.45, 7) is 8.27. The number of hydrogen-bond donors (Lipinski definition) is 2. The summed E-state index contributed by atoms with van der Waals surface area (Å²) < 4.78 is 0. The molecule has 0 saturated carbocycles. The van der Waals surface area contributed by atoms with Gasteiger partial charge in [0.1, 0.15) is 0 Å². The molecule has 2 N–H and O–H groups in total. The van der Waals surface area contributed by atoms with Gasteiger partial charge >= 0.3 is 0 Å². The third-order valence-electron chi connectivity index (χ3n) is 2.40. The Labute approximate surface area is 106 Å². The molecule has 98 valence electrons. The Morgan fingerprint density at radius 3 is 2.31 bits per heavy atom. The molecule has 0 aliphatic heterocycles. The van der Waals surface area contributed by atoms with E-state index in [0.717, 1.165) is 25.3 Å². The Hall–Kier alpha value is 0.270. The van der Waals surface area contributed by atoms with Crippen LogP contribution >= 0.6 is 11.8 Å². The second-order valence-electron chi connectivity index (χ2n) is 4.92. The molecule has 0 radical (unpaired) electrons. The first-order valence-electron chi connectivity index (χ1n) is 6.58. The number of aliphatic hydroxyl groups is 1. The summed E-state index contributed by atoms with van der Waals surface area (Å²) in [6.07, 6.45) is 4.59. The molecular formula is C13H29NOS. The average Bonchev–Trinajstić information content (AvgIpc) is 2.22. The van der Waals surface area contributed by atoms with E-state index >= 15 is 0 Å². The van der Waals surface area contributed by atoms with Gasteiger partial charge in [0.05, 0.1) is 0 Å². The zero-order valence-corrected chi connectivity index (χ0v) is 12.0. The van der Waals surface area contributed by atoms with Gasteiger partial charge in [0.25, 0.3) is 0 Å². The molecule has 0 bridgehead atoms. The molecule has 2 nitrogen and oxygen atoms in total. The molecule has 0 aliphatic carbocycles. The highest BCUT2D eigenvalue weighted by molar-refractivity contribution is 7.99. The van der Waals surface area contributed by atoms with E-state index in [1.54, 1.807) is 0 Å². The van der Waals surface area contributed by atoms with E-state index in [1.807, 2.05) is 11.8 Å². The normalized spacial score (nSPS) is 13.3. The highest BCUT2D eigenvalue weighted by Crippen LogP contribution is 2.08. The van der Waals surface area contributed by atoms with Crippen LogP contribution < -0.4 is 5.32 Å². The lowest BCUT2D eigenvalue weighted by molar-refractivity contribution is 0.282. The van der Waals surface area contributed by atoms with Crippen LogP contribution in [0.4, 0.5) is 0 Å². The van der Waals surface area contributed by atoms with Crippen molar-refractivity contribution in [3.8, 4) is 0 Å². The van der Waals surface area contributed by atoms with Crippen molar-refractivity contribution in [2.45, 2.75) is 52.5 Å². The van der Waals surface area contributed by atoms with Gasteiger partial charge in [0, 0.05) is 18.4 Å². The molecule has 0 amide bonds. The van der Waals surface area contributed by atoms with Crippen LogP contribution in [-0.2, 0) is 0 Å². The number of nitrogens with one attached hydrogen (secondary N) is 1. The van der Waals surface area contributed by atoms with Crippen LogP contribution in [0.15, 0.2) is 0 Å². The van der Waals surface area contributed by atoms with E-state index in [1.165, 1.54) is 24.3 Å². The van der Waals surface area contributed by atoms with Crippen molar-refractivity contribution in [2.24, 2.45) is 5.92 Å². The number of hydrogen-bond acceptors (Lipinski definition) is 3. The van der Waals surface area contributed by atoms with Crippen molar-refractivity contribution >= 4 is 11.8 Å². The Morgan fingerprint density at radius 1 is 1.00 bits per heavy atom. The van der Waals surface area contributed by atoms with E-state index < -0.39 is 0 Å². The minimum Gasteiger partial charge on any atom is -0.396 e. The van der Waals surface area contributed by atoms with Crippen LogP contribution in [0.25, 0.3) is 0 Å². The summed E-state index contributed by atoms with van der Waals surface area (Å²) in [7, 11) is 0. The molecule has 0 aliphatic rings. The Bertz CT molecular complexity index is 142. The van der Waals surface area contributed by atoms with Gasteiger partial charge in [-0.25, -0.2) is 0 Å². The average molecular weight is 247 g/mol. The highest BCUT2D eigenvalue weighted by atomic mass is 32.2. The first kappa shape index (κ1) is 16.3. The lowest BCUT2D eigenvalue weighted by Crippen LogP contribution is -2.29. The van der Waals surface area contributed by atoms with Crippen molar-refractivity contribution in [1.29, 1.82) is 0 Å². The van der Waals surface area contributed by atoms with E-state index in [0.29, 0.717) is 12.6 Å². The molecule has 3 heteroatoms. The molecule has 0 spiro atoms. The van der Waals surface area contributed by atoms with Gasteiger partial charge < -0.3 is 10.4 Å². The van der Waals surface area contributed by atoms with Gasteiger partial charge in [0.2, 0.25) is 0 Å². The summed E-state index contributed by atoms with van der Waals surface area (Å²) in [5.41, 5.74) is 0. The minimum atomic E-state index is 0.343. The van der Waals surface area contributed by atoms with Crippen molar-refractivity contribution in [1.82, 2.24) is 5.32 Å². The lowest BCUT2D eigenvalue weighted by Gasteiger charge is -2.14. The molecule has 0 saturated heterocycles. The number of thioether (sulfide) groups is 1. The van der Waals surface area contributed by atoms with Crippen LogP contribution in [0, 0.1) is 5.92 Å². The third-order valence-corrected chi connectivity index (χ3v) is 4.03. The van der Waals surface area contributed by atoms with E-state index in [2.05, 4.69) is 26.1 Å². The quantitative estimate of drug-likeness (QED) is 0.551. The smallest absolute Gasteiger partial charge is 0.0431 e. The summed E-state index contributed by atoms with van der Waals surface area (Å²) >= 11 is 2.05. The summed E-state index contributed by atoms with van der Waals surface area (Å²) in [5.74, 6) is 3.29. The van der Waals surface area contributed by atoms with Gasteiger partial charge in [-0.15, -0.1) is 0 Å². The summed E-state index contributed by atoms with van der Waals surface area (Å²) in [4.78, 5) is 0. The first-order valence-corrected chi connectivity index (χ1v) is 7.74. The van der Waals surface area contributed by atoms with Gasteiger partial charge in [0.15, 0.2) is 0 Å². The first-order chi connectivity index (χ1) is 7.66. The van der Waals surface area contributed by atoms with Crippen molar-refractivity contribution in [3.05, 3.63) is 0 Å². The maximum Gasteiger partial charge on any atom is 0.0431 e.